The molecule has 2 saturated heterocycles. The van der Waals surface area contributed by atoms with Gasteiger partial charge in [0, 0.05) is 69.6 Å². The molecule has 4 rings (SSSR count). The van der Waals surface area contributed by atoms with Gasteiger partial charge in [0.1, 0.15) is 0 Å². The molecule has 0 aromatic heterocycles. The van der Waals surface area contributed by atoms with Gasteiger partial charge in [-0.05, 0) is 43.0 Å². The Kier molecular flexibility index (Phi) is 10.5. The SMILES string of the molecule is O=C(Nc1ccc(Cl)cc1N1CCN(CCC(F)(F)F)CC1)c1ccc(CNC(=O)N2CCC(CO)CC2)c(F)c1F. The van der Waals surface area contributed by atoms with Crippen LogP contribution in [0.25, 0.3) is 0 Å². The maximum absolute atomic E-state index is 15.0. The summed E-state index contributed by atoms with van der Waals surface area (Å²) >= 11 is 6.17. The number of nitrogens with one attached hydrogen (secondary N) is 2. The molecule has 2 aliphatic heterocycles. The Morgan fingerprint density at radius 3 is 2.31 bits per heavy atom. The van der Waals surface area contributed by atoms with Crippen molar-refractivity contribution in [2.24, 2.45) is 5.92 Å². The predicted molar refractivity (Wildman–Crippen MR) is 149 cm³/mol. The number of hydrogen-bond acceptors (Lipinski definition) is 5. The van der Waals surface area contributed by atoms with Gasteiger partial charge in [-0.3, -0.25) is 9.69 Å². The number of anilines is 2. The molecular weight excluding hydrogens is 585 g/mol. The van der Waals surface area contributed by atoms with Crippen molar-refractivity contribution < 1.29 is 36.6 Å². The van der Waals surface area contributed by atoms with E-state index in [1.807, 2.05) is 4.90 Å². The van der Waals surface area contributed by atoms with Gasteiger partial charge in [-0.15, -0.1) is 0 Å². The number of alkyl halides is 3. The lowest BCUT2D eigenvalue weighted by atomic mass is 9.98. The van der Waals surface area contributed by atoms with Gasteiger partial charge in [-0.25, -0.2) is 13.6 Å². The zero-order valence-electron chi connectivity index (χ0n) is 22.8. The van der Waals surface area contributed by atoms with Crippen LogP contribution in [0.3, 0.4) is 0 Å². The minimum absolute atomic E-state index is 0.0601. The van der Waals surface area contributed by atoms with Crippen LogP contribution in [0.4, 0.5) is 38.1 Å². The van der Waals surface area contributed by atoms with Gasteiger partial charge in [0.15, 0.2) is 11.6 Å². The number of carbonyl (C=O) groups excluding carboxylic acids is 2. The third kappa shape index (κ3) is 8.23. The van der Waals surface area contributed by atoms with Crippen molar-refractivity contribution in [3.8, 4) is 0 Å². The molecule has 3 N–H and O–H groups in total. The molecular formula is C28H33ClF5N5O3. The Labute approximate surface area is 245 Å². The highest BCUT2D eigenvalue weighted by atomic mass is 35.5. The molecule has 0 aliphatic carbocycles. The topological polar surface area (TPSA) is 88.2 Å². The first-order valence-electron chi connectivity index (χ1n) is 13.7. The Morgan fingerprint density at radius 2 is 1.67 bits per heavy atom. The molecule has 0 bridgehead atoms. The number of urea groups is 1. The van der Waals surface area contributed by atoms with Crippen molar-refractivity contribution in [2.45, 2.75) is 32.0 Å². The molecule has 2 fully saturated rings. The van der Waals surface area contributed by atoms with E-state index in [4.69, 9.17) is 11.6 Å². The van der Waals surface area contributed by atoms with Crippen molar-refractivity contribution >= 4 is 34.9 Å². The quantitative estimate of drug-likeness (QED) is 0.369. The molecule has 42 heavy (non-hydrogen) atoms. The largest absolute Gasteiger partial charge is 0.396 e. The zero-order chi connectivity index (χ0) is 30.4. The minimum atomic E-state index is -4.24. The number of halogens is 6. The summed E-state index contributed by atoms with van der Waals surface area (Å²) in [5, 5.41) is 14.8. The zero-order valence-corrected chi connectivity index (χ0v) is 23.6. The summed E-state index contributed by atoms with van der Waals surface area (Å²) in [5.74, 6) is -3.38. The van der Waals surface area contributed by atoms with Crippen LogP contribution >= 0.6 is 11.6 Å². The molecule has 14 heteroatoms. The molecule has 2 aromatic carbocycles. The summed E-state index contributed by atoms with van der Waals surface area (Å²) in [5.41, 5.74) is 0.133. The first-order chi connectivity index (χ1) is 19.9. The number of carbonyl (C=O) groups is 2. The smallest absolute Gasteiger partial charge is 0.390 e. The second-order valence-electron chi connectivity index (χ2n) is 10.5. The third-order valence-electron chi connectivity index (χ3n) is 7.63. The van der Waals surface area contributed by atoms with E-state index in [0.717, 1.165) is 6.07 Å². The lowest BCUT2D eigenvalue weighted by Crippen LogP contribution is -2.47. The van der Waals surface area contributed by atoms with Crippen molar-refractivity contribution in [1.82, 2.24) is 15.1 Å². The number of piperidine rings is 1. The second kappa shape index (κ2) is 13.9. The van der Waals surface area contributed by atoms with Crippen LogP contribution in [0.15, 0.2) is 30.3 Å². The molecule has 0 radical (unpaired) electrons. The van der Waals surface area contributed by atoms with E-state index in [9.17, 15) is 36.6 Å². The fraction of sp³-hybridized carbons (Fsp3) is 0.500. The summed E-state index contributed by atoms with van der Waals surface area (Å²) in [6.45, 7) is 2.08. The van der Waals surface area contributed by atoms with Crippen LogP contribution in [0.2, 0.25) is 5.02 Å². The van der Waals surface area contributed by atoms with Gasteiger partial charge in [0.2, 0.25) is 0 Å². The molecule has 2 heterocycles. The van der Waals surface area contributed by atoms with Gasteiger partial charge in [-0.2, -0.15) is 13.2 Å². The highest BCUT2D eigenvalue weighted by Gasteiger charge is 2.29. The number of amides is 3. The Hall–Kier alpha value is -3.16. The van der Waals surface area contributed by atoms with E-state index in [1.54, 1.807) is 15.9 Å². The van der Waals surface area contributed by atoms with E-state index < -0.39 is 41.7 Å². The molecule has 3 amide bonds. The summed E-state index contributed by atoms with van der Waals surface area (Å²) in [7, 11) is 0. The van der Waals surface area contributed by atoms with Crippen LogP contribution in [0, 0.1) is 17.6 Å². The molecule has 0 unspecified atom stereocenters. The minimum Gasteiger partial charge on any atom is -0.396 e. The van der Waals surface area contributed by atoms with Crippen LogP contribution < -0.4 is 15.5 Å². The van der Waals surface area contributed by atoms with E-state index in [1.165, 1.54) is 18.2 Å². The van der Waals surface area contributed by atoms with E-state index in [2.05, 4.69) is 10.6 Å². The average molecular weight is 618 g/mol. The molecule has 230 valence electrons. The number of aliphatic hydroxyl groups excluding tert-OH is 1. The summed E-state index contributed by atoms with van der Waals surface area (Å²) in [6.07, 6.45) is -3.82. The molecule has 2 aliphatic rings. The Morgan fingerprint density at radius 1 is 0.976 bits per heavy atom. The number of benzene rings is 2. The average Bonchev–Trinajstić information content (AvgIpc) is 2.97. The van der Waals surface area contributed by atoms with Crippen LogP contribution in [0.1, 0.15) is 35.2 Å². The molecule has 0 saturated carbocycles. The summed E-state index contributed by atoms with van der Waals surface area (Å²) < 4.78 is 67.6. The number of rotatable bonds is 8. The number of piperazine rings is 1. The normalized spacial score (nSPS) is 16.9. The Bertz CT molecular complexity index is 1270. The predicted octanol–water partition coefficient (Wildman–Crippen LogP) is 4.86. The van der Waals surface area contributed by atoms with Crippen LogP contribution in [-0.4, -0.2) is 85.4 Å². The summed E-state index contributed by atoms with van der Waals surface area (Å²) in [4.78, 5) is 30.5. The first-order valence-corrected chi connectivity index (χ1v) is 14.1. The van der Waals surface area contributed by atoms with E-state index in [-0.39, 0.29) is 36.9 Å². The van der Waals surface area contributed by atoms with Gasteiger partial charge in [0.25, 0.3) is 5.91 Å². The van der Waals surface area contributed by atoms with Crippen molar-refractivity contribution in [1.29, 1.82) is 0 Å². The molecule has 2 aromatic rings. The Balaban J connectivity index is 1.38. The monoisotopic (exact) mass is 617 g/mol. The van der Waals surface area contributed by atoms with Crippen molar-refractivity contribution in [3.63, 3.8) is 0 Å². The van der Waals surface area contributed by atoms with Gasteiger partial charge >= 0.3 is 12.2 Å². The number of aliphatic hydroxyl groups is 1. The lowest BCUT2D eigenvalue weighted by molar-refractivity contribution is -0.138. The lowest BCUT2D eigenvalue weighted by Gasteiger charge is -2.37. The number of hydrogen-bond donors (Lipinski definition) is 3. The van der Waals surface area contributed by atoms with Gasteiger partial charge in [0.05, 0.1) is 23.4 Å². The third-order valence-corrected chi connectivity index (χ3v) is 7.86. The van der Waals surface area contributed by atoms with Crippen LogP contribution in [0.5, 0.6) is 0 Å². The maximum Gasteiger partial charge on any atom is 0.390 e. The fourth-order valence-electron chi connectivity index (χ4n) is 5.06. The van der Waals surface area contributed by atoms with E-state index in [0.29, 0.717) is 62.8 Å². The molecule has 0 spiro atoms. The maximum atomic E-state index is 15.0. The number of nitrogens with zero attached hydrogens (tertiary/aromatic N) is 3. The first kappa shape index (κ1) is 31.8. The van der Waals surface area contributed by atoms with Crippen LogP contribution in [-0.2, 0) is 6.54 Å². The van der Waals surface area contributed by atoms with Gasteiger partial charge in [-0.1, -0.05) is 17.7 Å². The summed E-state index contributed by atoms with van der Waals surface area (Å²) in [6, 6.07) is 6.58. The second-order valence-corrected chi connectivity index (χ2v) is 10.9. The van der Waals surface area contributed by atoms with Crippen molar-refractivity contribution in [3.05, 3.63) is 58.1 Å². The highest BCUT2D eigenvalue weighted by molar-refractivity contribution is 6.31. The molecule has 0 atom stereocenters. The standard InChI is InChI=1S/C28H33ClF5N5O3/c29-20-2-4-22(23(15-20)38-13-11-37(12-14-38)10-7-28(32,33)34)36-26(41)21-3-1-19(24(30)25(21)31)16-35-27(42)39-8-5-18(17-40)6-9-39/h1-4,15,18,40H,5-14,16-17H2,(H,35,42)(H,36,41). The fourth-order valence-corrected chi connectivity index (χ4v) is 5.23. The van der Waals surface area contributed by atoms with Gasteiger partial charge < -0.3 is 25.5 Å². The van der Waals surface area contributed by atoms with Crippen molar-refractivity contribution in [2.75, 3.05) is 62.6 Å². The van der Waals surface area contributed by atoms with E-state index >= 15 is 0 Å². The molecule has 8 nitrogen and oxygen atoms in total. The highest BCUT2D eigenvalue weighted by Crippen LogP contribution is 2.31. The number of likely N-dealkylation sites (tertiary alicyclic amines) is 1.